The Hall–Kier alpha value is -0.320. The zero-order valence-corrected chi connectivity index (χ0v) is 12.2. The van der Waals surface area contributed by atoms with E-state index >= 15 is 0 Å². The van der Waals surface area contributed by atoms with Crippen molar-refractivity contribution in [2.45, 2.75) is 38.1 Å². The fraction of sp³-hybridized carbons (Fsp3) is 0.929. The predicted octanol–water partition coefficient (Wildman–Crippen LogP) is 1.32. The topological polar surface area (TPSA) is 64.4 Å². The molecule has 0 aromatic heterocycles. The van der Waals surface area contributed by atoms with Gasteiger partial charge in [-0.2, -0.15) is 0 Å². The van der Waals surface area contributed by atoms with Gasteiger partial charge < -0.3 is 15.8 Å². The first-order valence-electron chi connectivity index (χ1n) is 7.36. The number of nitrogens with one attached hydrogen (secondary N) is 1. The van der Waals surface area contributed by atoms with Crippen molar-refractivity contribution in [3.8, 4) is 0 Å². The third-order valence-corrected chi connectivity index (χ3v) is 4.88. The number of halogens is 1. The second-order valence-corrected chi connectivity index (χ2v) is 6.25. The maximum absolute atomic E-state index is 12.1. The Kier molecular flexibility index (Phi) is 5.09. The maximum atomic E-state index is 12.1. The monoisotopic (exact) mass is 288 g/mol. The highest BCUT2D eigenvalue weighted by molar-refractivity contribution is 5.85. The standard InChI is InChI=1S/C14H24N2O2.ClH/c15-13-11-4-3-10(7-11)12(13)14(17)16-5-6-18-8-9-1-2-9;/h9-13H,1-8,15H2,(H,16,17);1H. The lowest BCUT2D eigenvalue weighted by molar-refractivity contribution is -0.127. The van der Waals surface area contributed by atoms with Crippen LogP contribution >= 0.6 is 12.4 Å². The first kappa shape index (κ1) is 15.1. The Balaban J connectivity index is 0.00000133. The molecule has 0 aromatic rings. The summed E-state index contributed by atoms with van der Waals surface area (Å²) in [5, 5.41) is 2.99. The zero-order valence-electron chi connectivity index (χ0n) is 11.3. The van der Waals surface area contributed by atoms with Crippen molar-refractivity contribution in [3.05, 3.63) is 0 Å². The van der Waals surface area contributed by atoms with Crippen LogP contribution in [0.2, 0.25) is 0 Å². The zero-order chi connectivity index (χ0) is 12.5. The van der Waals surface area contributed by atoms with Crippen LogP contribution in [0.4, 0.5) is 0 Å². The molecule has 19 heavy (non-hydrogen) atoms. The van der Waals surface area contributed by atoms with Gasteiger partial charge in [0.2, 0.25) is 5.91 Å². The van der Waals surface area contributed by atoms with Gasteiger partial charge >= 0.3 is 0 Å². The van der Waals surface area contributed by atoms with E-state index in [1.165, 1.54) is 25.7 Å². The molecule has 0 saturated heterocycles. The van der Waals surface area contributed by atoms with Crippen molar-refractivity contribution < 1.29 is 9.53 Å². The number of fused-ring (bicyclic) bond motifs is 2. The molecule has 1 amide bonds. The molecule has 110 valence electrons. The second kappa shape index (κ2) is 6.42. The van der Waals surface area contributed by atoms with Gasteiger partial charge in [0.15, 0.2) is 0 Å². The molecule has 3 fully saturated rings. The molecule has 4 nitrogen and oxygen atoms in total. The normalized spacial score (nSPS) is 36.1. The molecule has 3 aliphatic rings. The number of carbonyl (C=O) groups is 1. The summed E-state index contributed by atoms with van der Waals surface area (Å²) in [4.78, 5) is 12.1. The summed E-state index contributed by atoms with van der Waals surface area (Å²) in [5.74, 6) is 2.14. The van der Waals surface area contributed by atoms with Crippen LogP contribution in [0.1, 0.15) is 32.1 Å². The fourth-order valence-corrected chi connectivity index (χ4v) is 3.62. The van der Waals surface area contributed by atoms with Crippen molar-refractivity contribution in [1.82, 2.24) is 5.32 Å². The second-order valence-electron chi connectivity index (χ2n) is 6.25. The van der Waals surface area contributed by atoms with E-state index in [4.69, 9.17) is 10.5 Å². The molecule has 3 saturated carbocycles. The van der Waals surface area contributed by atoms with Crippen LogP contribution in [0.25, 0.3) is 0 Å². The molecule has 5 heteroatoms. The van der Waals surface area contributed by atoms with Crippen LogP contribution in [0.5, 0.6) is 0 Å². The highest BCUT2D eigenvalue weighted by Crippen LogP contribution is 2.47. The summed E-state index contributed by atoms with van der Waals surface area (Å²) in [6, 6.07) is 0.0936. The summed E-state index contributed by atoms with van der Waals surface area (Å²) in [5.41, 5.74) is 6.15. The average molecular weight is 289 g/mol. The molecular formula is C14H25ClN2O2. The Labute approximate surface area is 121 Å². The lowest BCUT2D eigenvalue weighted by atomic mass is 9.84. The predicted molar refractivity (Wildman–Crippen MR) is 76.1 cm³/mol. The van der Waals surface area contributed by atoms with Crippen molar-refractivity contribution >= 4 is 18.3 Å². The van der Waals surface area contributed by atoms with E-state index in [1.807, 2.05) is 0 Å². The molecule has 3 rings (SSSR count). The van der Waals surface area contributed by atoms with E-state index in [0.29, 0.717) is 25.0 Å². The van der Waals surface area contributed by atoms with E-state index < -0.39 is 0 Å². The molecule has 4 unspecified atom stereocenters. The van der Waals surface area contributed by atoms with Crippen LogP contribution in [0.15, 0.2) is 0 Å². The summed E-state index contributed by atoms with van der Waals surface area (Å²) >= 11 is 0. The first-order chi connectivity index (χ1) is 8.75. The van der Waals surface area contributed by atoms with Crippen LogP contribution in [0.3, 0.4) is 0 Å². The van der Waals surface area contributed by atoms with Gasteiger partial charge in [-0.25, -0.2) is 0 Å². The highest BCUT2D eigenvalue weighted by atomic mass is 35.5. The van der Waals surface area contributed by atoms with Gasteiger partial charge in [0.1, 0.15) is 0 Å². The SMILES string of the molecule is Cl.NC1C2CCC(C2)C1C(=O)NCCOCC1CC1. The molecular weight excluding hydrogens is 264 g/mol. The molecule has 2 bridgehead atoms. The van der Waals surface area contributed by atoms with Crippen molar-refractivity contribution in [2.24, 2.45) is 29.4 Å². The van der Waals surface area contributed by atoms with Gasteiger partial charge in [-0.1, -0.05) is 0 Å². The molecule has 0 aliphatic heterocycles. The van der Waals surface area contributed by atoms with Crippen molar-refractivity contribution in [3.63, 3.8) is 0 Å². The summed E-state index contributed by atoms with van der Waals surface area (Å²) in [7, 11) is 0. The lowest BCUT2D eigenvalue weighted by Gasteiger charge is -2.26. The summed E-state index contributed by atoms with van der Waals surface area (Å²) < 4.78 is 5.51. The third-order valence-electron chi connectivity index (χ3n) is 4.88. The summed E-state index contributed by atoms with van der Waals surface area (Å²) in [6.07, 6.45) is 6.20. The molecule has 0 heterocycles. The Morgan fingerprint density at radius 2 is 1.95 bits per heavy atom. The van der Waals surface area contributed by atoms with Crippen molar-refractivity contribution in [2.75, 3.05) is 19.8 Å². The fourth-order valence-electron chi connectivity index (χ4n) is 3.62. The molecule has 3 N–H and O–H groups in total. The largest absolute Gasteiger partial charge is 0.379 e. The smallest absolute Gasteiger partial charge is 0.225 e. The highest BCUT2D eigenvalue weighted by Gasteiger charge is 2.48. The van der Waals surface area contributed by atoms with E-state index in [-0.39, 0.29) is 30.3 Å². The number of carbonyl (C=O) groups excluding carboxylic acids is 1. The number of nitrogens with two attached hydrogens (primary N) is 1. The van der Waals surface area contributed by atoms with Crippen LogP contribution in [-0.2, 0) is 9.53 Å². The van der Waals surface area contributed by atoms with E-state index in [1.54, 1.807) is 0 Å². The quantitative estimate of drug-likeness (QED) is 0.725. The van der Waals surface area contributed by atoms with Gasteiger partial charge in [-0.05, 0) is 49.9 Å². The van der Waals surface area contributed by atoms with E-state index in [9.17, 15) is 4.79 Å². The van der Waals surface area contributed by atoms with Crippen LogP contribution in [0, 0.1) is 23.7 Å². The minimum Gasteiger partial charge on any atom is -0.379 e. The molecule has 0 aromatic carbocycles. The average Bonchev–Trinajstić information content (AvgIpc) is 2.97. The third kappa shape index (κ3) is 3.41. The van der Waals surface area contributed by atoms with E-state index in [0.717, 1.165) is 18.9 Å². The molecule has 0 radical (unpaired) electrons. The molecule has 0 spiro atoms. The number of hydrogen-bond acceptors (Lipinski definition) is 3. The van der Waals surface area contributed by atoms with Crippen molar-refractivity contribution in [1.29, 1.82) is 0 Å². The maximum Gasteiger partial charge on any atom is 0.225 e. The number of hydrogen-bond donors (Lipinski definition) is 2. The van der Waals surface area contributed by atoms with Gasteiger partial charge in [-0.3, -0.25) is 4.79 Å². The number of ether oxygens (including phenoxy) is 1. The number of rotatable bonds is 6. The Morgan fingerprint density at radius 3 is 2.58 bits per heavy atom. The Morgan fingerprint density at radius 1 is 1.21 bits per heavy atom. The first-order valence-corrected chi connectivity index (χ1v) is 7.36. The van der Waals surface area contributed by atoms with E-state index in [2.05, 4.69) is 5.32 Å². The Bertz CT molecular complexity index is 321. The molecule has 4 atom stereocenters. The van der Waals surface area contributed by atoms with Crippen LogP contribution in [-0.4, -0.2) is 31.7 Å². The summed E-state index contributed by atoms with van der Waals surface area (Å²) in [6.45, 7) is 2.13. The van der Waals surface area contributed by atoms with Gasteiger partial charge in [-0.15, -0.1) is 12.4 Å². The molecule has 3 aliphatic carbocycles. The van der Waals surface area contributed by atoms with Gasteiger partial charge in [0.25, 0.3) is 0 Å². The van der Waals surface area contributed by atoms with Gasteiger partial charge in [0, 0.05) is 19.2 Å². The minimum atomic E-state index is 0. The lowest BCUT2D eigenvalue weighted by Crippen LogP contribution is -2.45. The van der Waals surface area contributed by atoms with Gasteiger partial charge in [0.05, 0.1) is 12.5 Å². The number of amides is 1. The minimum absolute atomic E-state index is 0. The van der Waals surface area contributed by atoms with Crippen LogP contribution < -0.4 is 11.1 Å².